The Morgan fingerprint density at radius 1 is 0.933 bits per heavy atom. The topological polar surface area (TPSA) is 110 Å². The van der Waals surface area contributed by atoms with E-state index in [4.69, 9.17) is 0 Å². The number of anilines is 1. The van der Waals surface area contributed by atoms with Gasteiger partial charge in [-0.3, -0.25) is 4.72 Å². The van der Waals surface area contributed by atoms with E-state index in [0.717, 1.165) is 31.3 Å². The fourth-order valence-corrected chi connectivity index (χ4v) is 4.50. The molecule has 3 aromatic rings. The standard InChI is InChI=1S/C17H15F3N4O4S2/c1-21-29(25,26)13-4-2-5-14(11-13)30(27,28)23-15-10-12(17(18,19)20)6-7-16(15)24-9-3-8-22-24/h2-11,21,23H,1H3. The summed E-state index contributed by atoms with van der Waals surface area (Å²) in [6, 6.07) is 8.45. The number of nitrogens with one attached hydrogen (secondary N) is 2. The van der Waals surface area contributed by atoms with Crippen LogP contribution in [0.15, 0.2) is 70.7 Å². The quantitative estimate of drug-likeness (QED) is 0.588. The van der Waals surface area contributed by atoms with Crippen LogP contribution in [0.1, 0.15) is 5.56 Å². The molecule has 0 aliphatic carbocycles. The summed E-state index contributed by atoms with van der Waals surface area (Å²) in [4.78, 5) is -0.758. The minimum absolute atomic E-state index is 0.0515. The number of alkyl halides is 3. The third-order valence-electron chi connectivity index (χ3n) is 4.01. The summed E-state index contributed by atoms with van der Waals surface area (Å²) in [6.45, 7) is 0. The van der Waals surface area contributed by atoms with Crippen molar-refractivity contribution < 1.29 is 30.0 Å². The summed E-state index contributed by atoms with van der Waals surface area (Å²) in [6.07, 6.45) is -1.90. The lowest BCUT2D eigenvalue weighted by atomic mass is 10.1. The van der Waals surface area contributed by atoms with Crippen molar-refractivity contribution in [3.63, 3.8) is 0 Å². The van der Waals surface area contributed by atoms with E-state index in [2.05, 4.69) is 14.5 Å². The summed E-state index contributed by atoms with van der Waals surface area (Å²) in [5.41, 5.74) is -1.39. The molecule has 0 amide bonds. The highest BCUT2D eigenvalue weighted by Crippen LogP contribution is 2.34. The molecule has 0 aliphatic heterocycles. The summed E-state index contributed by atoms with van der Waals surface area (Å²) >= 11 is 0. The van der Waals surface area contributed by atoms with Crippen molar-refractivity contribution >= 4 is 25.7 Å². The molecule has 0 saturated heterocycles. The van der Waals surface area contributed by atoms with Crippen LogP contribution in [0.5, 0.6) is 0 Å². The fraction of sp³-hybridized carbons (Fsp3) is 0.118. The van der Waals surface area contributed by atoms with Crippen LogP contribution < -0.4 is 9.44 Å². The maximum absolute atomic E-state index is 13.1. The zero-order chi connectivity index (χ0) is 22.2. The number of nitrogens with zero attached hydrogens (tertiary/aromatic N) is 2. The maximum Gasteiger partial charge on any atom is 0.416 e. The Balaban J connectivity index is 2.09. The van der Waals surface area contributed by atoms with E-state index in [1.807, 2.05) is 0 Å². The number of halogens is 3. The average Bonchev–Trinajstić information content (AvgIpc) is 3.21. The van der Waals surface area contributed by atoms with Crippen molar-refractivity contribution in [3.05, 3.63) is 66.5 Å². The van der Waals surface area contributed by atoms with Gasteiger partial charge in [0.25, 0.3) is 10.0 Å². The third-order valence-corrected chi connectivity index (χ3v) is 6.79. The summed E-state index contributed by atoms with van der Waals surface area (Å²) in [5, 5.41) is 3.91. The van der Waals surface area contributed by atoms with Crippen molar-refractivity contribution in [3.8, 4) is 5.69 Å². The Hall–Kier alpha value is -2.90. The summed E-state index contributed by atoms with van der Waals surface area (Å²) in [7, 11) is -7.20. The minimum atomic E-state index is -4.70. The Labute approximate surface area is 170 Å². The molecule has 0 saturated carbocycles. The van der Waals surface area contributed by atoms with E-state index in [-0.39, 0.29) is 16.3 Å². The van der Waals surface area contributed by atoms with Crippen LogP contribution in [0.3, 0.4) is 0 Å². The number of aromatic nitrogens is 2. The third kappa shape index (κ3) is 4.47. The lowest BCUT2D eigenvalue weighted by Crippen LogP contribution is -2.20. The van der Waals surface area contributed by atoms with Gasteiger partial charge in [-0.05, 0) is 49.5 Å². The molecule has 3 rings (SSSR count). The van der Waals surface area contributed by atoms with Crippen LogP contribution in [0, 0.1) is 0 Å². The van der Waals surface area contributed by atoms with Crippen LogP contribution in [0.2, 0.25) is 0 Å². The second-order valence-corrected chi connectivity index (χ2v) is 9.54. The van der Waals surface area contributed by atoms with Gasteiger partial charge >= 0.3 is 6.18 Å². The van der Waals surface area contributed by atoms with Crippen LogP contribution in [-0.4, -0.2) is 33.7 Å². The highest BCUT2D eigenvalue weighted by atomic mass is 32.2. The SMILES string of the molecule is CNS(=O)(=O)c1cccc(S(=O)(=O)Nc2cc(C(F)(F)F)ccc2-n2cccn2)c1. The Morgan fingerprint density at radius 2 is 1.60 bits per heavy atom. The van der Waals surface area contributed by atoms with Crippen molar-refractivity contribution in [2.45, 2.75) is 16.0 Å². The molecule has 0 fully saturated rings. The maximum atomic E-state index is 13.1. The zero-order valence-electron chi connectivity index (χ0n) is 15.3. The van der Waals surface area contributed by atoms with Gasteiger partial charge in [0.2, 0.25) is 10.0 Å². The Kier molecular flexibility index (Phi) is 5.62. The average molecular weight is 460 g/mol. The van der Waals surface area contributed by atoms with E-state index in [1.165, 1.54) is 35.3 Å². The van der Waals surface area contributed by atoms with E-state index < -0.39 is 36.7 Å². The Bertz CT molecular complexity index is 1270. The second kappa shape index (κ2) is 7.74. The van der Waals surface area contributed by atoms with Gasteiger partial charge in [-0.2, -0.15) is 18.3 Å². The van der Waals surface area contributed by atoms with Gasteiger partial charge in [0.1, 0.15) is 0 Å². The molecule has 1 aromatic heterocycles. The Morgan fingerprint density at radius 3 is 2.17 bits per heavy atom. The monoisotopic (exact) mass is 460 g/mol. The first kappa shape index (κ1) is 21.8. The molecule has 1 heterocycles. The molecule has 0 atom stereocenters. The van der Waals surface area contributed by atoms with Gasteiger partial charge in [0, 0.05) is 12.4 Å². The van der Waals surface area contributed by atoms with E-state index in [0.29, 0.717) is 6.07 Å². The first-order valence-corrected chi connectivity index (χ1v) is 11.2. The number of benzene rings is 2. The van der Waals surface area contributed by atoms with Crippen molar-refractivity contribution in [2.75, 3.05) is 11.8 Å². The van der Waals surface area contributed by atoms with Gasteiger partial charge < -0.3 is 0 Å². The number of rotatable bonds is 6. The number of sulfonamides is 2. The van der Waals surface area contributed by atoms with E-state index >= 15 is 0 Å². The van der Waals surface area contributed by atoms with Crippen LogP contribution >= 0.6 is 0 Å². The molecular formula is C17H15F3N4O4S2. The lowest BCUT2D eigenvalue weighted by Gasteiger charge is -2.16. The first-order valence-electron chi connectivity index (χ1n) is 8.22. The second-order valence-electron chi connectivity index (χ2n) is 5.97. The smallest absolute Gasteiger partial charge is 0.277 e. The molecule has 8 nitrogen and oxygen atoms in total. The van der Waals surface area contributed by atoms with Crippen molar-refractivity contribution in [1.82, 2.24) is 14.5 Å². The molecule has 0 radical (unpaired) electrons. The molecule has 30 heavy (non-hydrogen) atoms. The predicted octanol–water partition coefficient (Wildman–Crippen LogP) is 2.60. The molecule has 0 bridgehead atoms. The van der Waals surface area contributed by atoms with Gasteiger partial charge in [0.15, 0.2) is 0 Å². The van der Waals surface area contributed by atoms with Crippen LogP contribution in [0.25, 0.3) is 5.69 Å². The fourth-order valence-electron chi connectivity index (χ4n) is 2.54. The van der Waals surface area contributed by atoms with Gasteiger partial charge in [-0.25, -0.2) is 26.2 Å². The zero-order valence-corrected chi connectivity index (χ0v) is 16.9. The minimum Gasteiger partial charge on any atom is -0.277 e. The van der Waals surface area contributed by atoms with Gasteiger partial charge in [-0.1, -0.05) is 6.07 Å². The highest BCUT2D eigenvalue weighted by Gasteiger charge is 2.32. The van der Waals surface area contributed by atoms with Crippen molar-refractivity contribution in [2.24, 2.45) is 0 Å². The first-order chi connectivity index (χ1) is 13.9. The molecule has 0 spiro atoms. The van der Waals surface area contributed by atoms with Gasteiger partial charge in [0.05, 0.1) is 26.7 Å². The predicted molar refractivity (Wildman–Crippen MR) is 102 cm³/mol. The lowest BCUT2D eigenvalue weighted by molar-refractivity contribution is -0.137. The van der Waals surface area contributed by atoms with Crippen LogP contribution in [0.4, 0.5) is 18.9 Å². The largest absolute Gasteiger partial charge is 0.416 e. The molecule has 160 valence electrons. The highest BCUT2D eigenvalue weighted by molar-refractivity contribution is 7.93. The molecular weight excluding hydrogens is 445 g/mol. The van der Waals surface area contributed by atoms with Crippen molar-refractivity contribution in [1.29, 1.82) is 0 Å². The summed E-state index contributed by atoms with van der Waals surface area (Å²) in [5.74, 6) is 0. The summed E-state index contributed by atoms with van der Waals surface area (Å²) < 4.78 is 94.3. The molecule has 13 heteroatoms. The van der Waals surface area contributed by atoms with Crippen LogP contribution in [-0.2, 0) is 26.2 Å². The molecule has 0 aliphatic rings. The molecule has 0 unspecified atom stereocenters. The van der Waals surface area contributed by atoms with E-state index in [9.17, 15) is 30.0 Å². The number of hydrogen-bond acceptors (Lipinski definition) is 5. The van der Waals surface area contributed by atoms with Gasteiger partial charge in [-0.15, -0.1) is 0 Å². The molecule has 2 N–H and O–H groups in total. The number of hydrogen-bond donors (Lipinski definition) is 2. The molecule has 2 aromatic carbocycles. The van der Waals surface area contributed by atoms with E-state index in [1.54, 1.807) is 0 Å². The normalized spacial score (nSPS) is 12.7.